The Morgan fingerprint density at radius 2 is 2.21 bits per heavy atom. The molecule has 0 saturated heterocycles. The van der Waals surface area contributed by atoms with Gasteiger partial charge in [-0.05, 0) is 32.4 Å². The highest BCUT2D eigenvalue weighted by molar-refractivity contribution is 4.91. The van der Waals surface area contributed by atoms with Crippen LogP contribution in [-0.2, 0) is 13.1 Å². The van der Waals surface area contributed by atoms with Gasteiger partial charge in [-0.1, -0.05) is 25.0 Å². The summed E-state index contributed by atoms with van der Waals surface area (Å²) < 4.78 is 1.96. The number of nitrogens with zero attached hydrogens (tertiary/aromatic N) is 4. The minimum atomic E-state index is 0.814. The second-order valence-electron chi connectivity index (χ2n) is 5.67. The lowest BCUT2D eigenvalue weighted by atomic mass is 10.1. The van der Waals surface area contributed by atoms with E-state index in [1.165, 1.54) is 32.2 Å². The van der Waals surface area contributed by atoms with Crippen LogP contribution in [0.3, 0.4) is 0 Å². The Hall–Kier alpha value is -0.940. The van der Waals surface area contributed by atoms with E-state index in [9.17, 15) is 0 Å². The first-order chi connectivity index (χ1) is 9.28. The van der Waals surface area contributed by atoms with Crippen molar-refractivity contribution in [3.63, 3.8) is 0 Å². The van der Waals surface area contributed by atoms with Crippen molar-refractivity contribution in [1.82, 2.24) is 25.2 Å². The molecular formula is C14H27N5. The normalized spacial score (nSPS) is 16.6. The molecule has 19 heavy (non-hydrogen) atoms. The van der Waals surface area contributed by atoms with Gasteiger partial charge in [-0.2, -0.15) is 0 Å². The van der Waals surface area contributed by atoms with Crippen LogP contribution in [0.5, 0.6) is 0 Å². The van der Waals surface area contributed by atoms with Crippen LogP contribution in [0.25, 0.3) is 0 Å². The molecule has 1 aromatic rings. The summed E-state index contributed by atoms with van der Waals surface area (Å²) in [6.07, 6.45) is 7.73. The van der Waals surface area contributed by atoms with Gasteiger partial charge in [0.05, 0.1) is 12.2 Å². The molecule has 0 atom stereocenters. The molecule has 5 heteroatoms. The highest BCUT2D eigenvalue weighted by atomic mass is 15.4. The average Bonchev–Trinajstić information content (AvgIpc) is 3.05. The molecule has 0 amide bonds. The summed E-state index contributed by atoms with van der Waals surface area (Å²) in [6, 6.07) is 0. The number of likely N-dealkylation sites (N-methyl/N-ethyl adjacent to an activating group) is 1. The molecule has 108 valence electrons. The Bertz CT molecular complexity index is 356. The molecule has 5 nitrogen and oxygen atoms in total. The lowest BCUT2D eigenvalue weighted by Gasteiger charge is -2.20. The van der Waals surface area contributed by atoms with E-state index in [1.807, 2.05) is 10.9 Å². The third-order valence-corrected chi connectivity index (χ3v) is 3.90. The molecule has 1 aromatic heterocycles. The summed E-state index contributed by atoms with van der Waals surface area (Å²) >= 11 is 0. The van der Waals surface area contributed by atoms with Gasteiger partial charge in [-0.15, -0.1) is 5.10 Å². The standard InChI is InChI=1S/C14H27N5/c1-3-15-10-14-12-19(17-16-14)9-8-18(2)11-13-6-4-5-7-13/h12-13,15H,3-11H2,1-2H3. The minimum absolute atomic E-state index is 0.814. The summed E-state index contributed by atoms with van der Waals surface area (Å²) in [5, 5.41) is 11.6. The molecule has 0 unspecified atom stereocenters. The molecule has 0 aliphatic heterocycles. The molecule has 0 radical (unpaired) electrons. The summed E-state index contributed by atoms with van der Waals surface area (Å²) in [4.78, 5) is 2.43. The fourth-order valence-electron chi connectivity index (χ4n) is 2.78. The molecule has 1 heterocycles. The van der Waals surface area contributed by atoms with E-state index in [0.29, 0.717) is 0 Å². The number of rotatable bonds is 8. The first-order valence-electron chi connectivity index (χ1n) is 7.56. The van der Waals surface area contributed by atoms with Gasteiger partial charge in [-0.25, -0.2) is 0 Å². The van der Waals surface area contributed by atoms with Crippen molar-refractivity contribution in [3.8, 4) is 0 Å². The maximum atomic E-state index is 4.17. The second kappa shape index (κ2) is 7.60. The van der Waals surface area contributed by atoms with E-state index in [1.54, 1.807) is 0 Å². The number of hydrogen-bond donors (Lipinski definition) is 1. The van der Waals surface area contributed by atoms with Crippen LogP contribution >= 0.6 is 0 Å². The summed E-state index contributed by atoms with van der Waals surface area (Å²) in [7, 11) is 2.22. The average molecular weight is 265 g/mol. The number of aromatic nitrogens is 3. The molecule has 1 saturated carbocycles. The van der Waals surface area contributed by atoms with Crippen LogP contribution in [-0.4, -0.2) is 46.6 Å². The van der Waals surface area contributed by atoms with Gasteiger partial charge in [0.1, 0.15) is 0 Å². The van der Waals surface area contributed by atoms with Crippen LogP contribution in [0.15, 0.2) is 6.20 Å². The van der Waals surface area contributed by atoms with E-state index in [4.69, 9.17) is 0 Å². The first kappa shape index (κ1) is 14.5. The van der Waals surface area contributed by atoms with Gasteiger partial charge in [0.15, 0.2) is 0 Å². The Labute approximate surface area is 116 Å². The zero-order valence-electron chi connectivity index (χ0n) is 12.3. The van der Waals surface area contributed by atoms with Crippen LogP contribution < -0.4 is 5.32 Å². The van der Waals surface area contributed by atoms with E-state index in [2.05, 4.69) is 34.5 Å². The molecule has 1 N–H and O–H groups in total. The quantitative estimate of drug-likeness (QED) is 0.774. The summed E-state index contributed by atoms with van der Waals surface area (Å²) in [5.41, 5.74) is 1.03. The maximum absolute atomic E-state index is 4.17. The third-order valence-electron chi connectivity index (χ3n) is 3.90. The zero-order valence-corrected chi connectivity index (χ0v) is 12.3. The van der Waals surface area contributed by atoms with E-state index < -0.39 is 0 Å². The fourth-order valence-corrected chi connectivity index (χ4v) is 2.78. The van der Waals surface area contributed by atoms with E-state index in [-0.39, 0.29) is 0 Å². The van der Waals surface area contributed by atoms with Crippen molar-refractivity contribution < 1.29 is 0 Å². The molecule has 1 fully saturated rings. The van der Waals surface area contributed by atoms with Crippen molar-refractivity contribution in [2.75, 3.05) is 26.7 Å². The minimum Gasteiger partial charge on any atom is -0.311 e. The lowest BCUT2D eigenvalue weighted by molar-refractivity contribution is 0.263. The second-order valence-corrected chi connectivity index (χ2v) is 5.67. The molecule has 0 spiro atoms. The molecule has 0 aromatic carbocycles. The van der Waals surface area contributed by atoms with Crippen molar-refractivity contribution >= 4 is 0 Å². The fraction of sp³-hybridized carbons (Fsp3) is 0.857. The molecule has 1 aliphatic rings. The van der Waals surface area contributed by atoms with Gasteiger partial charge in [0.25, 0.3) is 0 Å². The zero-order chi connectivity index (χ0) is 13.5. The Morgan fingerprint density at radius 1 is 1.42 bits per heavy atom. The van der Waals surface area contributed by atoms with E-state index in [0.717, 1.165) is 37.8 Å². The summed E-state index contributed by atoms with van der Waals surface area (Å²) in [5.74, 6) is 0.921. The van der Waals surface area contributed by atoms with Crippen LogP contribution in [0.2, 0.25) is 0 Å². The monoisotopic (exact) mass is 265 g/mol. The third kappa shape index (κ3) is 4.91. The van der Waals surface area contributed by atoms with Crippen molar-refractivity contribution in [1.29, 1.82) is 0 Å². The predicted molar refractivity (Wildman–Crippen MR) is 76.9 cm³/mol. The maximum Gasteiger partial charge on any atom is 0.0964 e. The van der Waals surface area contributed by atoms with Crippen molar-refractivity contribution in [2.45, 2.75) is 45.7 Å². The molecular weight excluding hydrogens is 238 g/mol. The smallest absolute Gasteiger partial charge is 0.0964 e. The SMILES string of the molecule is CCNCc1cn(CCN(C)CC2CCCC2)nn1. The van der Waals surface area contributed by atoms with Crippen molar-refractivity contribution in [3.05, 3.63) is 11.9 Å². The predicted octanol–water partition coefficient (Wildman–Crippen LogP) is 1.51. The largest absolute Gasteiger partial charge is 0.311 e. The van der Waals surface area contributed by atoms with Crippen LogP contribution in [0, 0.1) is 5.92 Å². The number of nitrogens with one attached hydrogen (secondary N) is 1. The molecule has 1 aliphatic carbocycles. The van der Waals surface area contributed by atoms with Crippen LogP contribution in [0.1, 0.15) is 38.3 Å². The Balaban J connectivity index is 1.67. The first-order valence-corrected chi connectivity index (χ1v) is 7.56. The van der Waals surface area contributed by atoms with Gasteiger partial charge in [0, 0.05) is 25.8 Å². The summed E-state index contributed by atoms with van der Waals surface area (Å²) in [6.45, 7) is 7.11. The van der Waals surface area contributed by atoms with Gasteiger partial charge < -0.3 is 10.2 Å². The molecule has 0 bridgehead atoms. The van der Waals surface area contributed by atoms with Crippen molar-refractivity contribution in [2.24, 2.45) is 5.92 Å². The Kier molecular flexibility index (Phi) is 5.79. The highest BCUT2D eigenvalue weighted by Crippen LogP contribution is 2.24. The topological polar surface area (TPSA) is 46.0 Å². The lowest BCUT2D eigenvalue weighted by Crippen LogP contribution is -2.28. The molecule has 2 rings (SSSR count). The van der Waals surface area contributed by atoms with Crippen LogP contribution in [0.4, 0.5) is 0 Å². The van der Waals surface area contributed by atoms with Gasteiger partial charge in [-0.3, -0.25) is 4.68 Å². The van der Waals surface area contributed by atoms with Gasteiger partial charge >= 0.3 is 0 Å². The van der Waals surface area contributed by atoms with Gasteiger partial charge in [0.2, 0.25) is 0 Å². The van der Waals surface area contributed by atoms with E-state index >= 15 is 0 Å². The Morgan fingerprint density at radius 3 is 2.95 bits per heavy atom. The highest BCUT2D eigenvalue weighted by Gasteiger charge is 2.16. The number of hydrogen-bond acceptors (Lipinski definition) is 4.